The number of nitrogens with zero attached hydrogens (tertiary/aromatic N) is 2. The fourth-order valence-electron chi connectivity index (χ4n) is 3.94. The van der Waals surface area contributed by atoms with Crippen molar-refractivity contribution >= 4 is 5.96 Å². The van der Waals surface area contributed by atoms with Crippen molar-refractivity contribution in [3.8, 4) is 0 Å². The van der Waals surface area contributed by atoms with Crippen LogP contribution in [0.25, 0.3) is 0 Å². The number of rotatable bonds is 7. The molecule has 162 valence electrons. The van der Waals surface area contributed by atoms with Crippen LogP contribution in [0.15, 0.2) is 29.3 Å². The standard InChI is InChI=1S/C23H38N4O2/c1-18(2)27-12-8-21(9-13-27)26-23(24-3)25-16-19-4-6-20(7-5-19)17-29-22-10-14-28-15-11-22/h4-7,18,21-22H,8-17H2,1-3H3,(H2,24,25,26). The topological polar surface area (TPSA) is 58.1 Å². The number of benzene rings is 1. The summed E-state index contributed by atoms with van der Waals surface area (Å²) in [6.45, 7) is 9.95. The van der Waals surface area contributed by atoms with Crippen molar-refractivity contribution in [3.05, 3.63) is 35.4 Å². The van der Waals surface area contributed by atoms with E-state index in [1.807, 2.05) is 7.05 Å². The highest BCUT2D eigenvalue weighted by molar-refractivity contribution is 5.79. The van der Waals surface area contributed by atoms with Gasteiger partial charge in [0, 0.05) is 52.0 Å². The van der Waals surface area contributed by atoms with E-state index in [1.54, 1.807) is 0 Å². The third-order valence-electron chi connectivity index (χ3n) is 5.96. The maximum Gasteiger partial charge on any atom is 0.191 e. The first-order valence-corrected chi connectivity index (χ1v) is 11.1. The largest absolute Gasteiger partial charge is 0.381 e. The molecule has 0 aromatic heterocycles. The maximum absolute atomic E-state index is 6.00. The van der Waals surface area contributed by atoms with Crippen molar-refractivity contribution in [2.45, 2.75) is 70.9 Å². The van der Waals surface area contributed by atoms with E-state index in [9.17, 15) is 0 Å². The second-order valence-corrected chi connectivity index (χ2v) is 8.41. The second-order valence-electron chi connectivity index (χ2n) is 8.41. The molecule has 2 aliphatic rings. The second kappa shape index (κ2) is 11.5. The SMILES string of the molecule is CN=C(NCc1ccc(COC2CCOCC2)cc1)NC1CCN(C(C)C)CC1. The van der Waals surface area contributed by atoms with E-state index in [4.69, 9.17) is 9.47 Å². The Labute approximate surface area is 176 Å². The van der Waals surface area contributed by atoms with Crippen LogP contribution in [0.1, 0.15) is 50.7 Å². The van der Waals surface area contributed by atoms with Gasteiger partial charge in [-0.25, -0.2) is 0 Å². The van der Waals surface area contributed by atoms with E-state index in [0.29, 0.717) is 24.8 Å². The Morgan fingerprint density at radius 2 is 1.76 bits per heavy atom. The first-order chi connectivity index (χ1) is 14.1. The predicted molar refractivity (Wildman–Crippen MR) is 118 cm³/mol. The van der Waals surface area contributed by atoms with Crippen molar-refractivity contribution < 1.29 is 9.47 Å². The van der Waals surface area contributed by atoms with E-state index in [1.165, 1.54) is 24.0 Å². The Balaban J connectivity index is 1.38. The van der Waals surface area contributed by atoms with Gasteiger partial charge in [-0.15, -0.1) is 0 Å². The van der Waals surface area contributed by atoms with E-state index in [-0.39, 0.29) is 0 Å². The Morgan fingerprint density at radius 3 is 2.38 bits per heavy atom. The molecule has 3 rings (SSSR count). The lowest BCUT2D eigenvalue weighted by Crippen LogP contribution is -2.49. The number of piperidine rings is 1. The van der Waals surface area contributed by atoms with Crippen LogP contribution in [-0.2, 0) is 22.6 Å². The summed E-state index contributed by atoms with van der Waals surface area (Å²) < 4.78 is 11.4. The zero-order valence-corrected chi connectivity index (χ0v) is 18.3. The molecule has 1 aromatic carbocycles. The van der Waals surface area contributed by atoms with E-state index < -0.39 is 0 Å². The minimum Gasteiger partial charge on any atom is -0.381 e. The molecule has 6 nitrogen and oxygen atoms in total. The van der Waals surface area contributed by atoms with Gasteiger partial charge < -0.3 is 25.0 Å². The monoisotopic (exact) mass is 402 g/mol. The van der Waals surface area contributed by atoms with Crippen LogP contribution < -0.4 is 10.6 Å². The number of nitrogens with one attached hydrogen (secondary N) is 2. The average Bonchev–Trinajstić information content (AvgIpc) is 2.77. The number of ether oxygens (including phenoxy) is 2. The van der Waals surface area contributed by atoms with Crippen molar-refractivity contribution in [3.63, 3.8) is 0 Å². The van der Waals surface area contributed by atoms with Crippen LogP contribution in [0, 0.1) is 0 Å². The third-order valence-corrected chi connectivity index (χ3v) is 5.96. The highest BCUT2D eigenvalue weighted by Gasteiger charge is 2.21. The van der Waals surface area contributed by atoms with Crippen LogP contribution in [0.4, 0.5) is 0 Å². The molecule has 29 heavy (non-hydrogen) atoms. The molecule has 0 aliphatic carbocycles. The molecule has 0 atom stereocenters. The number of hydrogen-bond donors (Lipinski definition) is 2. The van der Waals surface area contributed by atoms with Crippen molar-refractivity contribution in [1.82, 2.24) is 15.5 Å². The summed E-state index contributed by atoms with van der Waals surface area (Å²) in [6, 6.07) is 9.80. The molecule has 2 fully saturated rings. The molecule has 2 saturated heterocycles. The van der Waals surface area contributed by atoms with Gasteiger partial charge in [0.1, 0.15) is 0 Å². The molecule has 0 spiro atoms. The fraction of sp³-hybridized carbons (Fsp3) is 0.696. The van der Waals surface area contributed by atoms with Crippen molar-refractivity contribution in [2.75, 3.05) is 33.4 Å². The van der Waals surface area contributed by atoms with Gasteiger partial charge in [0.2, 0.25) is 0 Å². The number of likely N-dealkylation sites (tertiary alicyclic amines) is 1. The minimum atomic E-state index is 0.340. The highest BCUT2D eigenvalue weighted by Crippen LogP contribution is 2.15. The summed E-state index contributed by atoms with van der Waals surface area (Å²) >= 11 is 0. The number of aliphatic imine (C=N–C) groups is 1. The van der Waals surface area contributed by atoms with Gasteiger partial charge in [0.25, 0.3) is 0 Å². The lowest BCUT2D eigenvalue weighted by Gasteiger charge is -2.35. The fourth-order valence-corrected chi connectivity index (χ4v) is 3.94. The smallest absolute Gasteiger partial charge is 0.191 e. The zero-order chi connectivity index (χ0) is 20.5. The van der Waals surface area contributed by atoms with Gasteiger partial charge >= 0.3 is 0 Å². The van der Waals surface area contributed by atoms with Gasteiger partial charge in [0.05, 0.1) is 12.7 Å². The highest BCUT2D eigenvalue weighted by atomic mass is 16.5. The van der Waals surface area contributed by atoms with Crippen LogP contribution in [0.2, 0.25) is 0 Å². The van der Waals surface area contributed by atoms with Crippen molar-refractivity contribution in [2.24, 2.45) is 4.99 Å². The van der Waals surface area contributed by atoms with Crippen LogP contribution in [-0.4, -0.2) is 62.4 Å². The van der Waals surface area contributed by atoms with Gasteiger partial charge in [0.15, 0.2) is 5.96 Å². The Morgan fingerprint density at radius 1 is 1.10 bits per heavy atom. The Hall–Kier alpha value is -1.63. The van der Waals surface area contributed by atoms with Crippen molar-refractivity contribution in [1.29, 1.82) is 0 Å². The normalized spacial score (nSPS) is 20.2. The summed E-state index contributed by atoms with van der Waals surface area (Å²) in [4.78, 5) is 6.94. The van der Waals surface area contributed by atoms with Crippen LogP contribution in [0.5, 0.6) is 0 Å². The Kier molecular flexibility index (Phi) is 8.77. The molecule has 2 N–H and O–H groups in total. The van der Waals surface area contributed by atoms with Gasteiger partial charge in [-0.05, 0) is 50.7 Å². The quantitative estimate of drug-likeness (QED) is 0.543. The third kappa shape index (κ3) is 7.28. The molecule has 0 saturated carbocycles. The van der Waals surface area contributed by atoms with Crippen LogP contribution in [0.3, 0.4) is 0 Å². The molecule has 0 bridgehead atoms. The summed E-state index contributed by atoms with van der Waals surface area (Å²) in [7, 11) is 1.84. The van der Waals surface area contributed by atoms with Gasteiger partial charge in [-0.1, -0.05) is 24.3 Å². The summed E-state index contributed by atoms with van der Waals surface area (Å²) in [5, 5.41) is 7.04. The lowest BCUT2D eigenvalue weighted by atomic mass is 10.0. The average molecular weight is 403 g/mol. The van der Waals surface area contributed by atoms with Gasteiger partial charge in [-0.3, -0.25) is 4.99 Å². The number of hydrogen-bond acceptors (Lipinski definition) is 4. The first kappa shape index (κ1) is 22.1. The minimum absolute atomic E-state index is 0.340. The lowest BCUT2D eigenvalue weighted by molar-refractivity contribution is -0.0390. The molecule has 2 heterocycles. The predicted octanol–water partition coefficient (Wildman–Crippen LogP) is 2.92. The summed E-state index contributed by atoms with van der Waals surface area (Å²) in [5.74, 6) is 0.889. The first-order valence-electron chi connectivity index (χ1n) is 11.1. The zero-order valence-electron chi connectivity index (χ0n) is 18.3. The summed E-state index contributed by atoms with van der Waals surface area (Å²) in [6.07, 6.45) is 4.68. The number of guanidine groups is 1. The van der Waals surface area contributed by atoms with E-state index in [0.717, 1.165) is 51.6 Å². The molecular weight excluding hydrogens is 364 g/mol. The molecular formula is C23H38N4O2. The van der Waals surface area contributed by atoms with Crippen LogP contribution >= 0.6 is 0 Å². The molecule has 6 heteroatoms. The molecule has 2 aliphatic heterocycles. The molecule has 1 aromatic rings. The Bertz CT molecular complexity index is 618. The molecule has 0 radical (unpaired) electrons. The van der Waals surface area contributed by atoms with E-state index >= 15 is 0 Å². The van der Waals surface area contributed by atoms with E-state index in [2.05, 4.69) is 58.6 Å². The van der Waals surface area contributed by atoms with Gasteiger partial charge in [-0.2, -0.15) is 0 Å². The molecule has 0 unspecified atom stereocenters. The summed E-state index contributed by atoms with van der Waals surface area (Å²) in [5.41, 5.74) is 2.47. The molecule has 0 amide bonds. The maximum atomic E-state index is 6.00.